The minimum absolute atomic E-state index is 0.000710. The Morgan fingerprint density at radius 1 is 1.60 bits per heavy atom. The van der Waals surface area contributed by atoms with Crippen LogP contribution in [0.15, 0.2) is 6.58 Å². The van der Waals surface area contributed by atoms with Crippen molar-refractivity contribution in [1.82, 2.24) is 4.57 Å². The summed E-state index contributed by atoms with van der Waals surface area (Å²) in [6.45, 7) is 3.49. The monoisotopic (exact) mass is 267 g/mol. The first-order valence-electron chi connectivity index (χ1n) is 3.95. The predicted molar refractivity (Wildman–Crippen MR) is 61.8 cm³/mol. The van der Waals surface area contributed by atoms with E-state index in [4.69, 9.17) is 22.0 Å². The summed E-state index contributed by atoms with van der Waals surface area (Å²) >= 11 is 6.08. The second-order valence-corrected chi connectivity index (χ2v) is 6.25. The zero-order valence-electron chi connectivity index (χ0n) is 7.66. The van der Waals surface area contributed by atoms with E-state index in [0.29, 0.717) is 8.83 Å². The van der Waals surface area contributed by atoms with Crippen LogP contribution in [0.5, 0.6) is 5.88 Å². The van der Waals surface area contributed by atoms with E-state index in [1.54, 1.807) is 0 Å². The average molecular weight is 267 g/mol. The number of aromatic nitrogens is 1. The van der Waals surface area contributed by atoms with E-state index in [9.17, 15) is 9.67 Å². The van der Waals surface area contributed by atoms with Gasteiger partial charge in [-0.1, -0.05) is 6.58 Å². The molecule has 0 atom stereocenters. The summed E-state index contributed by atoms with van der Waals surface area (Å²) in [4.78, 5) is 17.9. The Morgan fingerprint density at radius 3 is 2.60 bits per heavy atom. The fraction of sp³-hybridized carbons (Fsp3) is 0.286. The molecule has 0 unspecified atom stereocenters. The van der Waals surface area contributed by atoms with Gasteiger partial charge in [-0.15, -0.1) is 11.3 Å². The highest BCUT2D eigenvalue weighted by Gasteiger charge is 2.16. The highest BCUT2D eigenvalue weighted by molar-refractivity contribution is 7.73. The molecule has 0 saturated heterocycles. The Labute approximate surface area is 95.5 Å². The maximum absolute atomic E-state index is 10.7. The van der Waals surface area contributed by atoms with Crippen LogP contribution in [0.3, 0.4) is 0 Å². The number of nitrogens with zero attached hydrogens (tertiary/aromatic N) is 1. The summed E-state index contributed by atoms with van der Waals surface area (Å²) in [5.41, 5.74) is 0. The average Bonchev–Trinajstić information content (AvgIpc) is 2.37. The van der Waals surface area contributed by atoms with Crippen molar-refractivity contribution >= 4 is 37.2 Å². The largest absolute Gasteiger partial charge is 0.493 e. The highest BCUT2D eigenvalue weighted by Crippen LogP contribution is 2.35. The number of hydrogen-bond acceptors (Lipinski definition) is 4. The van der Waals surface area contributed by atoms with E-state index < -0.39 is 7.60 Å². The Bertz CT molecular complexity index is 472. The summed E-state index contributed by atoms with van der Waals surface area (Å²) in [6, 6.07) is 0. The van der Waals surface area contributed by atoms with Crippen LogP contribution in [0, 0.1) is 3.95 Å². The van der Waals surface area contributed by atoms with Crippen molar-refractivity contribution in [2.75, 3.05) is 6.16 Å². The molecule has 1 aromatic rings. The zero-order valence-corrected chi connectivity index (χ0v) is 10.2. The molecule has 5 nitrogen and oxygen atoms in total. The highest BCUT2D eigenvalue weighted by atomic mass is 32.1. The van der Waals surface area contributed by atoms with Crippen molar-refractivity contribution in [3.63, 3.8) is 0 Å². The number of aromatic hydroxyl groups is 1. The predicted octanol–water partition coefficient (Wildman–Crippen LogP) is 1.81. The molecule has 1 rings (SSSR count). The summed E-state index contributed by atoms with van der Waals surface area (Å²) in [7, 11) is -4.07. The Kier molecular flexibility index (Phi) is 3.86. The van der Waals surface area contributed by atoms with Gasteiger partial charge >= 0.3 is 7.60 Å². The maximum Gasteiger partial charge on any atom is 0.327 e. The van der Waals surface area contributed by atoms with Crippen LogP contribution in [0.25, 0.3) is 6.08 Å². The van der Waals surface area contributed by atoms with Crippen molar-refractivity contribution in [2.45, 2.75) is 6.54 Å². The summed E-state index contributed by atoms with van der Waals surface area (Å²) in [5, 5.41) is 9.59. The molecule has 84 valence electrons. The molecule has 0 aliphatic carbocycles. The number of rotatable bonds is 4. The van der Waals surface area contributed by atoms with Crippen LogP contribution in [0.2, 0.25) is 0 Å². The van der Waals surface area contributed by atoms with E-state index in [0.717, 1.165) is 11.3 Å². The Hall–Kier alpha value is -0.460. The van der Waals surface area contributed by atoms with Gasteiger partial charge in [-0.05, 0) is 18.3 Å². The van der Waals surface area contributed by atoms with Crippen LogP contribution < -0.4 is 0 Å². The minimum Gasteiger partial charge on any atom is -0.493 e. The van der Waals surface area contributed by atoms with Crippen molar-refractivity contribution in [3.05, 3.63) is 15.4 Å². The van der Waals surface area contributed by atoms with Gasteiger partial charge in [0.05, 0.1) is 11.0 Å². The molecule has 0 aliphatic rings. The first kappa shape index (κ1) is 12.6. The third kappa shape index (κ3) is 3.25. The smallest absolute Gasteiger partial charge is 0.327 e. The molecular weight excluding hydrogens is 257 g/mol. The molecule has 0 spiro atoms. The lowest BCUT2D eigenvalue weighted by atomic mass is 10.5. The van der Waals surface area contributed by atoms with Crippen molar-refractivity contribution in [3.8, 4) is 5.88 Å². The van der Waals surface area contributed by atoms with Gasteiger partial charge in [-0.2, -0.15) is 0 Å². The first-order valence-corrected chi connectivity index (χ1v) is 6.97. The molecule has 0 saturated carbocycles. The topological polar surface area (TPSA) is 82.7 Å². The summed E-state index contributed by atoms with van der Waals surface area (Å²) in [5.74, 6) is -0.0894. The van der Waals surface area contributed by atoms with Crippen LogP contribution in [-0.4, -0.2) is 25.6 Å². The zero-order chi connectivity index (χ0) is 11.6. The van der Waals surface area contributed by atoms with Crippen molar-refractivity contribution in [1.29, 1.82) is 0 Å². The molecule has 1 aromatic heterocycles. The third-order valence-corrected chi connectivity index (χ3v) is 3.91. The third-order valence-electron chi connectivity index (χ3n) is 1.69. The van der Waals surface area contributed by atoms with Gasteiger partial charge in [0, 0.05) is 6.54 Å². The fourth-order valence-corrected chi connectivity index (χ4v) is 2.64. The van der Waals surface area contributed by atoms with Crippen LogP contribution >= 0.6 is 31.2 Å². The molecule has 0 radical (unpaired) electrons. The van der Waals surface area contributed by atoms with E-state index >= 15 is 0 Å². The van der Waals surface area contributed by atoms with E-state index in [1.807, 2.05) is 0 Å². The SMILES string of the molecule is C=Cc1sc(=S)n(CCP(=O)(O)O)c1O. The molecule has 3 N–H and O–H groups in total. The number of hydrogen-bond donors (Lipinski definition) is 3. The van der Waals surface area contributed by atoms with Gasteiger partial charge in [-0.25, -0.2) is 0 Å². The molecule has 0 amide bonds. The normalized spacial score (nSPS) is 11.6. The van der Waals surface area contributed by atoms with Crippen LogP contribution in [-0.2, 0) is 11.1 Å². The molecule has 15 heavy (non-hydrogen) atoms. The molecule has 0 fully saturated rings. The lowest BCUT2D eigenvalue weighted by Crippen LogP contribution is -2.02. The van der Waals surface area contributed by atoms with Gasteiger partial charge in [-0.3, -0.25) is 9.13 Å². The van der Waals surface area contributed by atoms with Crippen molar-refractivity contribution in [2.24, 2.45) is 0 Å². The lowest BCUT2D eigenvalue weighted by Gasteiger charge is -2.05. The van der Waals surface area contributed by atoms with Gasteiger partial charge in [0.1, 0.15) is 0 Å². The second kappa shape index (κ2) is 4.59. The molecule has 0 aromatic carbocycles. The maximum atomic E-state index is 10.7. The van der Waals surface area contributed by atoms with E-state index in [-0.39, 0.29) is 18.6 Å². The first-order chi connectivity index (χ1) is 6.85. The summed E-state index contributed by atoms with van der Waals surface area (Å²) < 4.78 is 12.3. The minimum atomic E-state index is -4.07. The van der Waals surface area contributed by atoms with Gasteiger partial charge in [0.2, 0.25) is 5.88 Å². The standard InChI is InChI=1S/C7H10NO4PS2/c1-2-5-6(9)8(7(14)15-5)3-4-13(10,11)12/h2,9H,1,3-4H2,(H2,10,11,12). The Morgan fingerprint density at radius 2 is 2.20 bits per heavy atom. The van der Waals surface area contributed by atoms with Crippen LogP contribution in [0.1, 0.15) is 4.88 Å². The molecule has 0 bridgehead atoms. The molecule has 8 heteroatoms. The second-order valence-electron chi connectivity index (χ2n) is 2.80. The molecule has 1 heterocycles. The fourth-order valence-electron chi connectivity index (χ4n) is 0.975. The van der Waals surface area contributed by atoms with Gasteiger partial charge < -0.3 is 14.9 Å². The van der Waals surface area contributed by atoms with Gasteiger partial charge in [0.25, 0.3) is 0 Å². The Balaban J connectivity index is 2.96. The van der Waals surface area contributed by atoms with Crippen molar-refractivity contribution < 1.29 is 19.5 Å². The number of thiazole rings is 1. The quantitative estimate of drug-likeness (QED) is 0.572. The lowest BCUT2D eigenvalue weighted by molar-refractivity contribution is 0.366. The molecular formula is C7H10NO4PS2. The van der Waals surface area contributed by atoms with Gasteiger partial charge in [0.15, 0.2) is 3.95 Å². The summed E-state index contributed by atoms with van der Waals surface area (Å²) in [6.07, 6.45) is 1.10. The van der Waals surface area contributed by atoms with Crippen LogP contribution in [0.4, 0.5) is 0 Å². The van der Waals surface area contributed by atoms with E-state index in [1.165, 1.54) is 10.6 Å². The van der Waals surface area contributed by atoms with E-state index in [2.05, 4.69) is 6.58 Å². The molecule has 0 aliphatic heterocycles.